The van der Waals surface area contributed by atoms with Crippen molar-refractivity contribution in [3.63, 3.8) is 0 Å². The number of rotatable bonds is 0. The first-order valence-corrected chi connectivity index (χ1v) is 7.50. The number of hydrogen-bond acceptors (Lipinski definition) is 2. The zero-order valence-electron chi connectivity index (χ0n) is 11.6. The highest BCUT2D eigenvalue weighted by atomic mass is 16.2. The molecule has 5 heteroatoms. The first-order chi connectivity index (χ1) is 9.16. The number of nitrogens with one attached hydrogen (secondary N) is 1. The predicted octanol–water partition coefficient (Wildman–Crippen LogP) is 1.05. The molecule has 3 aliphatic heterocycles. The third-order valence-corrected chi connectivity index (χ3v) is 4.90. The van der Waals surface area contributed by atoms with E-state index in [0.717, 1.165) is 51.2 Å². The lowest BCUT2D eigenvalue weighted by atomic mass is 9.91. The molecule has 0 aromatic rings. The van der Waals surface area contributed by atoms with E-state index in [9.17, 15) is 9.59 Å². The fourth-order valence-electron chi connectivity index (χ4n) is 3.57. The highest BCUT2D eigenvalue weighted by Crippen LogP contribution is 2.29. The van der Waals surface area contributed by atoms with Crippen LogP contribution in [0.2, 0.25) is 0 Å². The molecule has 19 heavy (non-hydrogen) atoms. The highest BCUT2D eigenvalue weighted by Gasteiger charge is 2.43. The van der Waals surface area contributed by atoms with Crippen molar-refractivity contribution in [1.82, 2.24) is 15.1 Å². The molecule has 3 aliphatic rings. The molecule has 3 rings (SSSR count). The van der Waals surface area contributed by atoms with Gasteiger partial charge in [-0.2, -0.15) is 0 Å². The second-order valence-electron chi connectivity index (χ2n) is 6.21. The molecule has 3 saturated heterocycles. The van der Waals surface area contributed by atoms with E-state index >= 15 is 0 Å². The van der Waals surface area contributed by atoms with Gasteiger partial charge in [-0.25, -0.2) is 4.79 Å². The van der Waals surface area contributed by atoms with Crippen LogP contribution in [0.4, 0.5) is 4.79 Å². The number of fused-ring (bicyclic) bond motifs is 1. The molecular formula is C14H23N3O2. The summed E-state index contributed by atoms with van der Waals surface area (Å²) >= 11 is 0. The highest BCUT2D eigenvalue weighted by molar-refractivity contribution is 5.84. The van der Waals surface area contributed by atoms with E-state index in [4.69, 9.17) is 0 Å². The number of piperidine rings is 2. The van der Waals surface area contributed by atoms with Crippen LogP contribution in [0.25, 0.3) is 0 Å². The number of likely N-dealkylation sites (tertiary alicyclic amines) is 2. The van der Waals surface area contributed by atoms with Gasteiger partial charge in [0.05, 0.1) is 12.0 Å². The van der Waals surface area contributed by atoms with E-state index < -0.39 is 0 Å². The van der Waals surface area contributed by atoms with E-state index in [-0.39, 0.29) is 23.9 Å². The smallest absolute Gasteiger partial charge is 0.320 e. The van der Waals surface area contributed by atoms with Crippen molar-refractivity contribution in [2.24, 2.45) is 11.8 Å². The van der Waals surface area contributed by atoms with Crippen LogP contribution >= 0.6 is 0 Å². The molecule has 0 aromatic heterocycles. The molecule has 3 heterocycles. The minimum absolute atomic E-state index is 0.0291. The Morgan fingerprint density at radius 1 is 1.21 bits per heavy atom. The fraction of sp³-hybridized carbons (Fsp3) is 0.857. The van der Waals surface area contributed by atoms with Crippen LogP contribution in [0.15, 0.2) is 0 Å². The average molecular weight is 265 g/mol. The lowest BCUT2D eigenvalue weighted by Gasteiger charge is -2.41. The van der Waals surface area contributed by atoms with Crippen LogP contribution in [0.1, 0.15) is 32.6 Å². The van der Waals surface area contributed by atoms with Crippen molar-refractivity contribution in [2.75, 3.05) is 26.2 Å². The Morgan fingerprint density at radius 2 is 1.95 bits per heavy atom. The SMILES string of the molecule is CC1CCN(C(=O)N2CCCC3C(=O)NCC32)CC1. The molecule has 0 radical (unpaired) electrons. The van der Waals surface area contributed by atoms with Crippen molar-refractivity contribution in [3.05, 3.63) is 0 Å². The number of carbonyl (C=O) groups is 2. The van der Waals surface area contributed by atoms with Crippen LogP contribution in [0.3, 0.4) is 0 Å². The quantitative estimate of drug-likeness (QED) is 0.712. The Hall–Kier alpha value is -1.26. The van der Waals surface area contributed by atoms with Gasteiger partial charge in [0.15, 0.2) is 0 Å². The normalized spacial score (nSPS) is 32.2. The summed E-state index contributed by atoms with van der Waals surface area (Å²) in [5.41, 5.74) is 0. The Balaban J connectivity index is 1.67. The number of urea groups is 1. The minimum Gasteiger partial charge on any atom is -0.354 e. The number of hydrogen-bond donors (Lipinski definition) is 1. The lowest BCUT2D eigenvalue weighted by molar-refractivity contribution is -0.123. The van der Waals surface area contributed by atoms with Gasteiger partial charge in [-0.05, 0) is 31.6 Å². The maximum Gasteiger partial charge on any atom is 0.320 e. The first kappa shape index (κ1) is 12.8. The van der Waals surface area contributed by atoms with Gasteiger partial charge in [0.2, 0.25) is 5.91 Å². The van der Waals surface area contributed by atoms with Gasteiger partial charge in [0, 0.05) is 26.2 Å². The first-order valence-electron chi connectivity index (χ1n) is 7.50. The lowest BCUT2D eigenvalue weighted by Crippen LogP contribution is -2.54. The maximum atomic E-state index is 12.6. The monoisotopic (exact) mass is 265 g/mol. The van der Waals surface area contributed by atoms with Gasteiger partial charge < -0.3 is 15.1 Å². The van der Waals surface area contributed by atoms with Crippen LogP contribution in [-0.4, -0.2) is 54.0 Å². The molecule has 106 valence electrons. The Kier molecular flexibility index (Phi) is 3.37. The zero-order valence-corrected chi connectivity index (χ0v) is 11.6. The largest absolute Gasteiger partial charge is 0.354 e. The van der Waals surface area contributed by atoms with Gasteiger partial charge in [0.1, 0.15) is 0 Å². The summed E-state index contributed by atoms with van der Waals surface area (Å²) in [5.74, 6) is 0.893. The third kappa shape index (κ3) is 2.30. The maximum absolute atomic E-state index is 12.6. The predicted molar refractivity (Wildman–Crippen MR) is 71.6 cm³/mol. The average Bonchev–Trinajstić information content (AvgIpc) is 2.81. The zero-order chi connectivity index (χ0) is 13.4. The molecule has 2 unspecified atom stereocenters. The molecule has 0 spiro atoms. The summed E-state index contributed by atoms with van der Waals surface area (Å²) < 4.78 is 0. The van der Waals surface area contributed by atoms with Crippen molar-refractivity contribution in [3.8, 4) is 0 Å². The molecular weight excluding hydrogens is 242 g/mol. The molecule has 0 aliphatic carbocycles. The molecule has 3 amide bonds. The third-order valence-electron chi connectivity index (χ3n) is 4.90. The number of nitrogens with zero attached hydrogens (tertiary/aromatic N) is 2. The molecule has 3 fully saturated rings. The van der Waals surface area contributed by atoms with Crippen LogP contribution in [0, 0.1) is 11.8 Å². The second kappa shape index (κ2) is 5.02. The van der Waals surface area contributed by atoms with Crippen LogP contribution in [-0.2, 0) is 4.79 Å². The molecule has 0 aromatic carbocycles. The van der Waals surface area contributed by atoms with E-state index in [1.165, 1.54) is 0 Å². The topological polar surface area (TPSA) is 52.7 Å². The van der Waals surface area contributed by atoms with Crippen molar-refractivity contribution >= 4 is 11.9 Å². The summed E-state index contributed by atoms with van der Waals surface area (Å²) in [4.78, 5) is 28.3. The summed E-state index contributed by atoms with van der Waals surface area (Å²) in [7, 11) is 0. The summed E-state index contributed by atoms with van der Waals surface area (Å²) in [6.45, 7) is 5.43. The van der Waals surface area contributed by atoms with Crippen molar-refractivity contribution in [2.45, 2.75) is 38.6 Å². The van der Waals surface area contributed by atoms with Gasteiger partial charge >= 0.3 is 6.03 Å². The molecule has 0 saturated carbocycles. The summed E-state index contributed by atoms with van der Waals surface area (Å²) in [6, 6.07) is 0.242. The van der Waals surface area contributed by atoms with Gasteiger partial charge in [-0.3, -0.25) is 4.79 Å². The van der Waals surface area contributed by atoms with Gasteiger partial charge in [-0.15, -0.1) is 0 Å². The van der Waals surface area contributed by atoms with E-state index in [2.05, 4.69) is 12.2 Å². The second-order valence-corrected chi connectivity index (χ2v) is 6.21. The Labute approximate surface area is 114 Å². The summed E-state index contributed by atoms with van der Waals surface area (Å²) in [5, 5.41) is 2.91. The summed E-state index contributed by atoms with van der Waals surface area (Å²) in [6.07, 6.45) is 4.08. The van der Waals surface area contributed by atoms with E-state index in [0.29, 0.717) is 6.54 Å². The minimum atomic E-state index is 0.0291. The van der Waals surface area contributed by atoms with Crippen molar-refractivity contribution < 1.29 is 9.59 Å². The van der Waals surface area contributed by atoms with Gasteiger partial charge in [-0.1, -0.05) is 6.92 Å². The van der Waals surface area contributed by atoms with Gasteiger partial charge in [0.25, 0.3) is 0 Å². The Morgan fingerprint density at radius 3 is 2.68 bits per heavy atom. The molecule has 1 N–H and O–H groups in total. The fourth-order valence-corrected chi connectivity index (χ4v) is 3.57. The van der Waals surface area contributed by atoms with Crippen LogP contribution in [0.5, 0.6) is 0 Å². The van der Waals surface area contributed by atoms with E-state index in [1.54, 1.807) is 0 Å². The number of carbonyl (C=O) groups excluding carboxylic acids is 2. The van der Waals surface area contributed by atoms with Crippen molar-refractivity contribution in [1.29, 1.82) is 0 Å². The number of amides is 3. The van der Waals surface area contributed by atoms with Crippen LogP contribution < -0.4 is 5.32 Å². The molecule has 2 atom stereocenters. The van der Waals surface area contributed by atoms with E-state index in [1.807, 2.05) is 9.80 Å². The molecule has 5 nitrogen and oxygen atoms in total. The Bertz CT molecular complexity index is 377. The standard InChI is InChI=1S/C14H23N3O2/c1-10-4-7-16(8-5-10)14(19)17-6-2-3-11-12(17)9-15-13(11)18/h10-12H,2-9H2,1H3,(H,15,18). The molecule has 0 bridgehead atoms.